The largest absolute Gasteiger partial charge is 0.478 e. The van der Waals surface area contributed by atoms with E-state index in [1.165, 1.54) is 0 Å². The first-order chi connectivity index (χ1) is 9.29. The third-order valence-corrected chi connectivity index (χ3v) is 3.77. The van der Waals surface area contributed by atoms with Crippen LogP contribution in [0.4, 0.5) is 0 Å². The molecule has 0 saturated heterocycles. The second kappa shape index (κ2) is 6.55. The first-order valence-corrected chi connectivity index (χ1v) is 6.86. The second-order valence-electron chi connectivity index (χ2n) is 5.68. The van der Waals surface area contributed by atoms with Crippen LogP contribution in [-0.2, 0) is 11.2 Å². The molecular weight excluding hydrogens is 254 g/mol. The molecule has 0 aliphatic heterocycles. The SMILES string of the molecule is CCC(C)(C)C(=O)N(C)CCc1ccccc1C(=O)O. The monoisotopic (exact) mass is 277 g/mol. The number of benzene rings is 1. The van der Waals surface area contributed by atoms with E-state index in [1.807, 2.05) is 26.8 Å². The van der Waals surface area contributed by atoms with Gasteiger partial charge in [-0.2, -0.15) is 0 Å². The van der Waals surface area contributed by atoms with E-state index >= 15 is 0 Å². The lowest BCUT2D eigenvalue weighted by Gasteiger charge is -2.28. The molecule has 0 aliphatic carbocycles. The summed E-state index contributed by atoms with van der Waals surface area (Å²) in [5.74, 6) is -0.837. The molecule has 0 heterocycles. The fraction of sp³-hybridized carbons (Fsp3) is 0.500. The van der Waals surface area contributed by atoms with Crippen molar-refractivity contribution in [2.75, 3.05) is 13.6 Å². The molecule has 20 heavy (non-hydrogen) atoms. The van der Waals surface area contributed by atoms with E-state index in [-0.39, 0.29) is 11.3 Å². The first-order valence-electron chi connectivity index (χ1n) is 6.86. The van der Waals surface area contributed by atoms with Crippen molar-refractivity contribution in [3.8, 4) is 0 Å². The van der Waals surface area contributed by atoms with Gasteiger partial charge in [-0.1, -0.05) is 39.0 Å². The maximum atomic E-state index is 12.2. The fourth-order valence-corrected chi connectivity index (χ4v) is 2.00. The van der Waals surface area contributed by atoms with Gasteiger partial charge in [0, 0.05) is 19.0 Å². The molecule has 1 aromatic carbocycles. The number of carboxylic acids is 1. The van der Waals surface area contributed by atoms with Crippen molar-refractivity contribution < 1.29 is 14.7 Å². The Labute approximate surface area is 120 Å². The van der Waals surface area contributed by atoms with Crippen molar-refractivity contribution in [1.82, 2.24) is 4.90 Å². The van der Waals surface area contributed by atoms with Gasteiger partial charge in [-0.05, 0) is 24.5 Å². The summed E-state index contributed by atoms with van der Waals surface area (Å²) >= 11 is 0. The summed E-state index contributed by atoms with van der Waals surface area (Å²) in [5, 5.41) is 9.13. The molecule has 0 aliphatic rings. The average molecular weight is 277 g/mol. The van der Waals surface area contributed by atoms with Crippen molar-refractivity contribution in [2.24, 2.45) is 5.41 Å². The molecule has 0 fully saturated rings. The van der Waals surface area contributed by atoms with E-state index in [1.54, 1.807) is 30.1 Å². The summed E-state index contributed by atoms with van der Waals surface area (Å²) in [4.78, 5) is 25.1. The minimum absolute atomic E-state index is 0.0906. The van der Waals surface area contributed by atoms with Gasteiger partial charge in [0.1, 0.15) is 0 Å². The lowest BCUT2D eigenvalue weighted by Crippen LogP contribution is -2.39. The predicted molar refractivity (Wildman–Crippen MR) is 78.8 cm³/mol. The Morgan fingerprint density at radius 3 is 2.40 bits per heavy atom. The van der Waals surface area contributed by atoms with E-state index < -0.39 is 5.97 Å². The summed E-state index contributed by atoms with van der Waals surface area (Å²) in [7, 11) is 1.77. The standard InChI is InChI=1S/C16H23NO3/c1-5-16(2,3)15(20)17(4)11-10-12-8-6-7-9-13(12)14(18)19/h6-9H,5,10-11H2,1-4H3,(H,18,19). The number of carboxylic acid groups (broad SMARTS) is 1. The zero-order valence-corrected chi connectivity index (χ0v) is 12.6. The molecule has 0 saturated carbocycles. The topological polar surface area (TPSA) is 57.6 Å². The number of amides is 1. The van der Waals surface area contributed by atoms with Crippen LogP contribution in [0.3, 0.4) is 0 Å². The van der Waals surface area contributed by atoms with E-state index in [9.17, 15) is 9.59 Å². The highest BCUT2D eigenvalue weighted by molar-refractivity contribution is 5.89. The van der Waals surface area contributed by atoms with Gasteiger partial charge in [-0.3, -0.25) is 4.79 Å². The van der Waals surface area contributed by atoms with Crippen LogP contribution >= 0.6 is 0 Å². The van der Waals surface area contributed by atoms with Gasteiger partial charge in [0.2, 0.25) is 5.91 Å². The van der Waals surface area contributed by atoms with Crippen LogP contribution in [0.15, 0.2) is 24.3 Å². The second-order valence-corrected chi connectivity index (χ2v) is 5.68. The Bertz CT molecular complexity index is 494. The third kappa shape index (κ3) is 3.83. The van der Waals surface area contributed by atoms with Crippen LogP contribution in [0.25, 0.3) is 0 Å². The van der Waals surface area contributed by atoms with Crippen LogP contribution in [0.1, 0.15) is 43.1 Å². The van der Waals surface area contributed by atoms with Crippen LogP contribution in [0.5, 0.6) is 0 Å². The maximum Gasteiger partial charge on any atom is 0.335 e. The van der Waals surface area contributed by atoms with E-state index in [4.69, 9.17) is 5.11 Å². The number of carbonyl (C=O) groups excluding carboxylic acids is 1. The number of hydrogen-bond acceptors (Lipinski definition) is 2. The molecule has 0 aromatic heterocycles. The van der Waals surface area contributed by atoms with Crippen molar-refractivity contribution in [3.05, 3.63) is 35.4 Å². The zero-order valence-electron chi connectivity index (χ0n) is 12.6. The Morgan fingerprint density at radius 1 is 1.25 bits per heavy atom. The molecule has 1 aromatic rings. The van der Waals surface area contributed by atoms with Crippen LogP contribution in [-0.4, -0.2) is 35.5 Å². The quantitative estimate of drug-likeness (QED) is 0.870. The predicted octanol–water partition coefficient (Wildman–Crippen LogP) is 2.82. The zero-order chi connectivity index (χ0) is 15.3. The van der Waals surface area contributed by atoms with Gasteiger partial charge >= 0.3 is 5.97 Å². The molecule has 1 N–H and O–H groups in total. The molecular formula is C16H23NO3. The number of rotatable bonds is 6. The van der Waals surface area contributed by atoms with Gasteiger partial charge in [-0.25, -0.2) is 4.79 Å². The van der Waals surface area contributed by atoms with E-state index in [2.05, 4.69) is 0 Å². The van der Waals surface area contributed by atoms with Gasteiger partial charge in [-0.15, -0.1) is 0 Å². The molecule has 0 unspecified atom stereocenters. The summed E-state index contributed by atoms with van der Waals surface area (Å²) < 4.78 is 0. The number of likely N-dealkylation sites (N-methyl/N-ethyl adjacent to an activating group) is 1. The molecule has 0 atom stereocenters. The molecule has 4 nitrogen and oxygen atoms in total. The number of aromatic carboxylic acids is 1. The normalized spacial score (nSPS) is 11.2. The summed E-state index contributed by atoms with van der Waals surface area (Å²) in [6.07, 6.45) is 1.33. The molecule has 110 valence electrons. The van der Waals surface area contributed by atoms with Crippen LogP contribution in [0, 0.1) is 5.41 Å². The molecule has 0 spiro atoms. The fourth-order valence-electron chi connectivity index (χ4n) is 2.00. The Morgan fingerprint density at radius 2 is 1.85 bits per heavy atom. The Kier molecular flexibility index (Phi) is 5.31. The van der Waals surface area contributed by atoms with Gasteiger partial charge in [0.25, 0.3) is 0 Å². The maximum absolute atomic E-state index is 12.2. The van der Waals surface area contributed by atoms with Gasteiger partial charge < -0.3 is 10.0 Å². The molecule has 0 bridgehead atoms. The Hall–Kier alpha value is -1.84. The highest BCUT2D eigenvalue weighted by atomic mass is 16.4. The van der Waals surface area contributed by atoms with Crippen molar-refractivity contribution >= 4 is 11.9 Å². The number of carbonyl (C=O) groups is 2. The van der Waals surface area contributed by atoms with E-state index in [0.29, 0.717) is 18.5 Å². The molecule has 1 rings (SSSR count). The summed E-state index contributed by atoms with van der Waals surface area (Å²) in [5.41, 5.74) is 0.693. The molecule has 1 amide bonds. The number of hydrogen-bond donors (Lipinski definition) is 1. The highest BCUT2D eigenvalue weighted by Crippen LogP contribution is 2.22. The van der Waals surface area contributed by atoms with Gasteiger partial charge in [0.05, 0.1) is 5.56 Å². The lowest BCUT2D eigenvalue weighted by molar-refractivity contribution is -0.139. The van der Waals surface area contributed by atoms with Crippen molar-refractivity contribution in [3.63, 3.8) is 0 Å². The first kappa shape index (κ1) is 16.2. The van der Waals surface area contributed by atoms with E-state index in [0.717, 1.165) is 12.0 Å². The molecule has 0 radical (unpaired) electrons. The smallest absolute Gasteiger partial charge is 0.335 e. The highest BCUT2D eigenvalue weighted by Gasteiger charge is 2.28. The Balaban J connectivity index is 2.73. The minimum Gasteiger partial charge on any atom is -0.478 e. The summed E-state index contributed by atoms with van der Waals surface area (Å²) in [6, 6.07) is 6.92. The number of nitrogens with zero attached hydrogens (tertiary/aromatic N) is 1. The summed E-state index contributed by atoms with van der Waals surface area (Å²) in [6.45, 7) is 6.37. The van der Waals surface area contributed by atoms with Gasteiger partial charge in [0.15, 0.2) is 0 Å². The minimum atomic E-state index is -0.927. The third-order valence-electron chi connectivity index (χ3n) is 3.77. The average Bonchev–Trinajstić information content (AvgIpc) is 2.43. The van der Waals surface area contributed by atoms with Crippen LogP contribution in [0.2, 0.25) is 0 Å². The molecule has 4 heteroatoms. The van der Waals surface area contributed by atoms with Crippen molar-refractivity contribution in [2.45, 2.75) is 33.6 Å². The van der Waals surface area contributed by atoms with Crippen molar-refractivity contribution in [1.29, 1.82) is 0 Å². The lowest BCUT2D eigenvalue weighted by atomic mass is 9.88. The van der Waals surface area contributed by atoms with Crippen LogP contribution < -0.4 is 0 Å².